The molecule has 0 bridgehead atoms. The lowest BCUT2D eigenvalue weighted by Crippen LogP contribution is -2.51. The quantitative estimate of drug-likeness (QED) is 0.812. The van der Waals surface area contributed by atoms with Gasteiger partial charge in [-0.3, -0.25) is 0 Å². The van der Waals surface area contributed by atoms with Crippen molar-refractivity contribution >= 4 is 6.03 Å². The Morgan fingerprint density at radius 3 is 2.77 bits per heavy atom. The van der Waals surface area contributed by atoms with Gasteiger partial charge < -0.3 is 20.1 Å². The second-order valence-corrected chi connectivity index (χ2v) is 5.85. The van der Waals surface area contributed by atoms with Crippen molar-refractivity contribution in [2.75, 3.05) is 27.4 Å². The minimum absolute atomic E-state index is 0.0927. The van der Waals surface area contributed by atoms with Gasteiger partial charge in [0.2, 0.25) is 0 Å². The summed E-state index contributed by atoms with van der Waals surface area (Å²) in [5, 5.41) is 5.93. The van der Waals surface area contributed by atoms with Crippen LogP contribution in [0, 0.1) is 12.8 Å². The van der Waals surface area contributed by atoms with Crippen LogP contribution in [0.3, 0.4) is 0 Å². The molecule has 0 saturated heterocycles. The molecule has 0 aliphatic heterocycles. The van der Waals surface area contributed by atoms with Crippen molar-refractivity contribution in [2.24, 2.45) is 5.92 Å². The third kappa shape index (κ3) is 4.37. The van der Waals surface area contributed by atoms with Crippen LogP contribution in [0.15, 0.2) is 18.2 Å². The lowest BCUT2D eigenvalue weighted by molar-refractivity contribution is 0.0832. The zero-order valence-electron chi connectivity index (χ0n) is 13.6. The van der Waals surface area contributed by atoms with E-state index in [9.17, 15) is 4.79 Å². The van der Waals surface area contributed by atoms with Crippen LogP contribution in [0.1, 0.15) is 24.0 Å². The van der Waals surface area contributed by atoms with Crippen molar-refractivity contribution < 1.29 is 14.3 Å². The number of aryl methyl sites for hydroxylation is 1. The number of carbonyl (C=O) groups is 1. The SMILES string of the molecule is COC[C@H]1CC[C@H]1NC(=O)NCCc1ccc(C)c(OC)c1. The van der Waals surface area contributed by atoms with Gasteiger partial charge >= 0.3 is 6.03 Å². The van der Waals surface area contributed by atoms with E-state index in [1.54, 1.807) is 14.2 Å². The second-order valence-electron chi connectivity index (χ2n) is 5.85. The summed E-state index contributed by atoms with van der Waals surface area (Å²) in [6, 6.07) is 6.29. The van der Waals surface area contributed by atoms with E-state index in [0.717, 1.165) is 36.1 Å². The van der Waals surface area contributed by atoms with Gasteiger partial charge in [0.25, 0.3) is 0 Å². The van der Waals surface area contributed by atoms with Crippen LogP contribution >= 0.6 is 0 Å². The van der Waals surface area contributed by atoms with Crippen molar-refractivity contribution in [1.29, 1.82) is 0 Å². The van der Waals surface area contributed by atoms with Crippen LogP contribution in [-0.4, -0.2) is 39.4 Å². The Morgan fingerprint density at radius 1 is 1.32 bits per heavy atom. The number of benzene rings is 1. The molecule has 0 radical (unpaired) electrons. The maximum Gasteiger partial charge on any atom is 0.315 e. The predicted octanol–water partition coefficient (Wildman–Crippen LogP) is 2.27. The van der Waals surface area contributed by atoms with E-state index in [1.165, 1.54) is 0 Å². The van der Waals surface area contributed by atoms with Gasteiger partial charge in [-0.25, -0.2) is 4.79 Å². The lowest BCUT2D eigenvalue weighted by atomic mass is 9.80. The van der Waals surface area contributed by atoms with Crippen LogP contribution in [0.4, 0.5) is 4.79 Å². The van der Waals surface area contributed by atoms with Crippen LogP contribution in [-0.2, 0) is 11.2 Å². The van der Waals surface area contributed by atoms with Crippen molar-refractivity contribution in [3.8, 4) is 5.75 Å². The molecule has 2 amide bonds. The summed E-state index contributed by atoms with van der Waals surface area (Å²) in [5.74, 6) is 1.34. The molecule has 5 heteroatoms. The highest BCUT2D eigenvalue weighted by Crippen LogP contribution is 2.27. The van der Waals surface area contributed by atoms with Crippen LogP contribution in [0.5, 0.6) is 5.75 Å². The first-order valence-corrected chi connectivity index (χ1v) is 7.81. The molecule has 2 N–H and O–H groups in total. The Hall–Kier alpha value is -1.75. The number of rotatable bonds is 7. The van der Waals surface area contributed by atoms with E-state index in [-0.39, 0.29) is 12.1 Å². The fourth-order valence-corrected chi connectivity index (χ4v) is 2.73. The van der Waals surface area contributed by atoms with E-state index in [0.29, 0.717) is 19.1 Å². The molecule has 1 aliphatic carbocycles. The minimum atomic E-state index is -0.0927. The molecule has 1 aliphatic rings. The van der Waals surface area contributed by atoms with Crippen molar-refractivity contribution in [1.82, 2.24) is 10.6 Å². The average molecular weight is 306 g/mol. The summed E-state index contributed by atoms with van der Waals surface area (Å²) in [5.41, 5.74) is 2.27. The fourth-order valence-electron chi connectivity index (χ4n) is 2.73. The number of nitrogens with one attached hydrogen (secondary N) is 2. The molecule has 0 spiro atoms. The molecule has 2 rings (SSSR count). The molecular weight excluding hydrogens is 280 g/mol. The molecule has 0 aromatic heterocycles. The summed E-state index contributed by atoms with van der Waals surface area (Å²) in [6.07, 6.45) is 2.95. The third-order valence-corrected chi connectivity index (χ3v) is 4.29. The number of urea groups is 1. The Kier molecular flexibility index (Phi) is 6.07. The number of hydrogen-bond acceptors (Lipinski definition) is 3. The molecule has 0 unspecified atom stereocenters. The van der Waals surface area contributed by atoms with Crippen LogP contribution in [0.2, 0.25) is 0 Å². The zero-order valence-corrected chi connectivity index (χ0v) is 13.6. The fraction of sp³-hybridized carbons (Fsp3) is 0.588. The monoisotopic (exact) mass is 306 g/mol. The first-order valence-electron chi connectivity index (χ1n) is 7.81. The zero-order chi connectivity index (χ0) is 15.9. The summed E-state index contributed by atoms with van der Waals surface area (Å²) < 4.78 is 10.5. The molecular formula is C17H26N2O3. The van der Waals surface area contributed by atoms with Gasteiger partial charge in [-0.1, -0.05) is 12.1 Å². The van der Waals surface area contributed by atoms with Crippen molar-refractivity contribution in [3.05, 3.63) is 29.3 Å². The molecule has 0 heterocycles. The molecule has 1 aromatic carbocycles. The number of ether oxygens (including phenoxy) is 2. The van der Waals surface area contributed by atoms with E-state index < -0.39 is 0 Å². The van der Waals surface area contributed by atoms with Gasteiger partial charge in [-0.15, -0.1) is 0 Å². The third-order valence-electron chi connectivity index (χ3n) is 4.29. The van der Waals surface area contributed by atoms with Crippen molar-refractivity contribution in [3.63, 3.8) is 0 Å². The summed E-state index contributed by atoms with van der Waals surface area (Å²) >= 11 is 0. The normalized spacial score (nSPS) is 20.1. The molecule has 5 nitrogen and oxygen atoms in total. The van der Waals surface area contributed by atoms with Gasteiger partial charge in [0, 0.05) is 25.6 Å². The highest BCUT2D eigenvalue weighted by atomic mass is 16.5. The molecule has 22 heavy (non-hydrogen) atoms. The number of amides is 2. The van der Waals surface area contributed by atoms with Gasteiger partial charge in [-0.05, 0) is 43.4 Å². The first-order chi connectivity index (χ1) is 10.6. The molecule has 2 atom stereocenters. The Bertz CT molecular complexity index is 505. The molecule has 122 valence electrons. The molecule has 1 aromatic rings. The summed E-state index contributed by atoms with van der Waals surface area (Å²) in [6.45, 7) is 3.34. The standard InChI is InChI=1S/C17H26N2O3/c1-12-4-5-13(10-16(12)22-3)8-9-18-17(20)19-15-7-6-14(15)11-21-2/h4-5,10,14-15H,6-9,11H2,1-3H3,(H2,18,19,20)/t14-,15-/m1/s1. The maximum atomic E-state index is 11.9. The largest absolute Gasteiger partial charge is 0.496 e. The second kappa shape index (κ2) is 8.03. The Labute approximate surface area is 132 Å². The van der Waals surface area contributed by atoms with Crippen LogP contribution in [0.25, 0.3) is 0 Å². The smallest absolute Gasteiger partial charge is 0.315 e. The van der Waals surface area contributed by atoms with Gasteiger partial charge in [0.05, 0.1) is 13.7 Å². The summed E-state index contributed by atoms with van der Waals surface area (Å²) in [4.78, 5) is 11.9. The molecule has 1 fully saturated rings. The first kappa shape index (κ1) is 16.6. The predicted molar refractivity (Wildman–Crippen MR) is 86.4 cm³/mol. The lowest BCUT2D eigenvalue weighted by Gasteiger charge is -2.36. The Morgan fingerprint density at radius 2 is 2.14 bits per heavy atom. The number of carbonyl (C=O) groups excluding carboxylic acids is 1. The average Bonchev–Trinajstić information content (AvgIpc) is 2.51. The van der Waals surface area contributed by atoms with E-state index in [1.807, 2.05) is 19.1 Å². The van der Waals surface area contributed by atoms with Crippen molar-refractivity contribution in [2.45, 2.75) is 32.2 Å². The van der Waals surface area contributed by atoms with Crippen LogP contribution < -0.4 is 15.4 Å². The van der Waals surface area contributed by atoms with E-state index in [4.69, 9.17) is 9.47 Å². The Balaban J connectivity index is 1.71. The minimum Gasteiger partial charge on any atom is -0.496 e. The molecule has 1 saturated carbocycles. The van der Waals surface area contributed by atoms with Gasteiger partial charge in [-0.2, -0.15) is 0 Å². The highest BCUT2D eigenvalue weighted by Gasteiger charge is 2.31. The number of methoxy groups -OCH3 is 2. The highest BCUT2D eigenvalue weighted by molar-refractivity contribution is 5.74. The topological polar surface area (TPSA) is 59.6 Å². The van der Waals surface area contributed by atoms with Gasteiger partial charge in [0.15, 0.2) is 0 Å². The maximum absolute atomic E-state index is 11.9. The van der Waals surface area contributed by atoms with E-state index >= 15 is 0 Å². The van der Waals surface area contributed by atoms with E-state index in [2.05, 4.69) is 16.7 Å². The summed E-state index contributed by atoms with van der Waals surface area (Å²) in [7, 11) is 3.37. The van der Waals surface area contributed by atoms with Gasteiger partial charge in [0.1, 0.15) is 5.75 Å². The number of hydrogen-bond donors (Lipinski definition) is 2.